The minimum absolute atomic E-state index is 0.101. The SMILES string of the molecule is CCC(C=CC=C(C)C=C(C)C=CC(=O)OC1CCCC(=O)OC(C(C)C)CC=CCC1C)=CCC(O)CC(C)O. The molecule has 0 aromatic heterocycles. The Balaban J connectivity index is 2.73. The number of hydrogen-bond donors (Lipinski definition) is 2. The minimum atomic E-state index is -0.543. The average Bonchev–Trinajstić information content (AvgIpc) is 2.89. The molecule has 0 fully saturated rings. The molecule has 230 valence electrons. The van der Waals surface area contributed by atoms with Crippen LogP contribution in [0.15, 0.2) is 71.4 Å². The lowest BCUT2D eigenvalue weighted by molar-refractivity contribution is -0.151. The van der Waals surface area contributed by atoms with Crippen molar-refractivity contribution in [2.24, 2.45) is 11.8 Å². The van der Waals surface area contributed by atoms with Crippen molar-refractivity contribution in [1.82, 2.24) is 0 Å². The first-order valence-corrected chi connectivity index (χ1v) is 15.2. The zero-order valence-electron chi connectivity index (χ0n) is 26.3. The average molecular weight is 571 g/mol. The molecule has 1 rings (SSSR count). The van der Waals surface area contributed by atoms with Gasteiger partial charge in [-0.1, -0.05) is 93.0 Å². The zero-order valence-corrected chi connectivity index (χ0v) is 26.3. The topological polar surface area (TPSA) is 93.1 Å². The Labute approximate surface area is 248 Å². The van der Waals surface area contributed by atoms with Crippen molar-refractivity contribution in [2.75, 3.05) is 0 Å². The van der Waals surface area contributed by atoms with E-state index < -0.39 is 12.2 Å². The predicted molar refractivity (Wildman–Crippen MR) is 167 cm³/mol. The fourth-order valence-corrected chi connectivity index (χ4v) is 4.56. The Morgan fingerprint density at radius 3 is 2.46 bits per heavy atom. The van der Waals surface area contributed by atoms with E-state index in [0.29, 0.717) is 38.5 Å². The van der Waals surface area contributed by atoms with Crippen LogP contribution >= 0.6 is 0 Å². The lowest BCUT2D eigenvalue weighted by atomic mass is 9.94. The molecule has 0 aliphatic carbocycles. The van der Waals surface area contributed by atoms with Crippen molar-refractivity contribution >= 4 is 11.9 Å². The summed E-state index contributed by atoms with van der Waals surface area (Å²) in [6.07, 6.45) is 20.8. The highest BCUT2D eigenvalue weighted by molar-refractivity contribution is 5.82. The molecule has 0 spiro atoms. The Hall–Kier alpha value is -2.70. The summed E-state index contributed by atoms with van der Waals surface area (Å²) in [5, 5.41) is 19.4. The van der Waals surface area contributed by atoms with Crippen LogP contribution in [-0.2, 0) is 19.1 Å². The number of cyclic esters (lactones) is 1. The van der Waals surface area contributed by atoms with Gasteiger partial charge in [0.05, 0.1) is 12.2 Å². The first-order valence-electron chi connectivity index (χ1n) is 15.2. The summed E-state index contributed by atoms with van der Waals surface area (Å²) < 4.78 is 11.5. The normalized spacial score (nSPS) is 23.8. The monoisotopic (exact) mass is 570 g/mol. The highest BCUT2D eigenvalue weighted by Crippen LogP contribution is 2.22. The summed E-state index contributed by atoms with van der Waals surface area (Å²) in [5.41, 5.74) is 3.08. The molecule has 1 aliphatic heterocycles. The van der Waals surface area contributed by atoms with Crippen molar-refractivity contribution in [1.29, 1.82) is 0 Å². The highest BCUT2D eigenvalue weighted by Gasteiger charge is 2.23. The Morgan fingerprint density at radius 2 is 1.80 bits per heavy atom. The Bertz CT molecular complexity index is 979. The van der Waals surface area contributed by atoms with Crippen LogP contribution in [0.2, 0.25) is 0 Å². The van der Waals surface area contributed by atoms with Crippen LogP contribution in [0.5, 0.6) is 0 Å². The molecule has 5 unspecified atom stereocenters. The van der Waals surface area contributed by atoms with Gasteiger partial charge in [0.1, 0.15) is 12.2 Å². The van der Waals surface area contributed by atoms with Gasteiger partial charge in [0.25, 0.3) is 0 Å². The van der Waals surface area contributed by atoms with Crippen molar-refractivity contribution in [3.63, 3.8) is 0 Å². The fourth-order valence-electron chi connectivity index (χ4n) is 4.56. The van der Waals surface area contributed by atoms with E-state index in [2.05, 4.69) is 39.8 Å². The summed E-state index contributed by atoms with van der Waals surface area (Å²) in [6.45, 7) is 13.9. The maximum absolute atomic E-state index is 12.6. The maximum atomic E-state index is 12.6. The van der Waals surface area contributed by atoms with Crippen LogP contribution < -0.4 is 0 Å². The van der Waals surface area contributed by atoms with E-state index in [1.807, 2.05) is 44.2 Å². The van der Waals surface area contributed by atoms with Crippen LogP contribution in [-0.4, -0.2) is 46.6 Å². The minimum Gasteiger partial charge on any atom is -0.462 e. The second-order valence-electron chi connectivity index (χ2n) is 11.7. The fraction of sp³-hybridized carbons (Fsp3) is 0.600. The molecule has 0 saturated carbocycles. The van der Waals surface area contributed by atoms with Crippen molar-refractivity contribution in [2.45, 2.75) is 124 Å². The third kappa shape index (κ3) is 17.0. The predicted octanol–water partition coefficient (Wildman–Crippen LogP) is 7.49. The van der Waals surface area contributed by atoms with Crippen LogP contribution in [0, 0.1) is 11.8 Å². The van der Waals surface area contributed by atoms with Gasteiger partial charge in [-0.3, -0.25) is 4.79 Å². The molecular weight excluding hydrogens is 516 g/mol. The van der Waals surface area contributed by atoms with Gasteiger partial charge < -0.3 is 19.7 Å². The molecular formula is C35H54O6. The number of esters is 2. The largest absolute Gasteiger partial charge is 0.462 e. The smallest absolute Gasteiger partial charge is 0.331 e. The first-order chi connectivity index (χ1) is 19.4. The number of rotatable bonds is 12. The van der Waals surface area contributed by atoms with Crippen molar-refractivity contribution in [3.8, 4) is 0 Å². The summed E-state index contributed by atoms with van der Waals surface area (Å²) in [6, 6.07) is 0. The van der Waals surface area contributed by atoms with Crippen LogP contribution in [0.25, 0.3) is 0 Å². The maximum Gasteiger partial charge on any atom is 0.331 e. The van der Waals surface area contributed by atoms with Crippen LogP contribution in [0.4, 0.5) is 0 Å². The number of ether oxygens (including phenoxy) is 2. The molecule has 0 aromatic carbocycles. The lowest BCUT2D eigenvalue weighted by Crippen LogP contribution is -2.26. The summed E-state index contributed by atoms with van der Waals surface area (Å²) in [4.78, 5) is 24.9. The number of carbonyl (C=O) groups is 2. The van der Waals surface area contributed by atoms with E-state index in [1.54, 1.807) is 13.0 Å². The standard InChI is InChI=1S/C35H54O6/c1-8-30(20-21-31(37)24-29(7)36)15-11-13-26(4)23-27(5)19-22-35(39)41-33-17-12-18-34(38)40-32(25(2)3)16-10-9-14-28(33)6/h9-11,13,15,19-20,22-23,25,28-29,31-33,36-37H,8,12,14,16-18,21,24H2,1-7H3. The number of carbonyl (C=O) groups excluding carboxylic acids is 2. The second kappa shape index (κ2) is 20.2. The van der Waals surface area contributed by atoms with Gasteiger partial charge >= 0.3 is 11.9 Å². The van der Waals surface area contributed by atoms with Gasteiger partial charge in [-0.2, -0.15) is 0 Å². The zero-order chi connectivity index (χ0) is 30.8. The van der Waals surface area contributed by atoms with Crippen molar-refractivity contribution in [3.05, 3.63) is 71.4 Å². The molecule has 6 nitrogen and oxygen atoms in total. The molecule has 1 aliphatic rings. The molecule has 0 radical (unpaired) electrons. The third-order valence-electron chi connectivity index (χ3n) is 7.12. The lowest BCUT2D eigenvalue weighted by Gasteiger charge is -2.24. The summed E-state index contributed by atoms with van der Waals surface area (Å²) >= 11 is 0. The molecule has 1 heterocycles. The molecule has 6 heteroatoms. The van der Waals surface area contributed by atoms with Crippen LogP contribution in [0.1, 0.15) is 99.8 Å². The molecule has 41 heavy (non-hydrogen) atoms. The molecule has 0 amide bonds. The highest BCUT2D eigenvalue weighted by atomic mass is 16.5. The van der Waals surface area contributed by atoms with Gasteiger partial charge in [0, 0.05) is 18.9 Å². The summed E-state index contributed by atoms with van der Waals surface area (Å²) in [7, 11) is 0. The van der Waals surface area contributed by atoms with Gasteiger partial charge in [-0.25, -0.2) is 4.79 Å². The van der Waals surface area contributed by atoms with E-state index >= 15 is 0 Å². The quantitative estimate of drug-likeness (QED) is 0.109. The van der Waals surface area contributed by atoms with Gasteiger partial charge in [0.15, 0.2) is 0 Å². The molecule has 5 atom stereocenters. The van der Waals surface area contributed by atoms with E-state index in [0.717, 1.165) is 29.6 Å². The van der Waals surface area contributed by atoms with E-state index in [-0.39, 0.29) is 36.0 Å². The molecule has 0 saturated heterocycles. The van der Waals surface area contributed by atoms with E-state index in [4.69, 9.17) is 9.47 Å². The summed E-state index contributed by atoms with van der Waals surface area (Å²) in [5.74, 6) is -0.163. The molecule has 0 bridgehead atoms. The number of aliphatic hydroxyl groups excluding tert-OH is 2. The second-order valence-corrected chi connectivity index (χ2v) is 11.7. The number of hydrogen-bond acceptors (Lipinski definition) is 6. The van der Waals surface area contributed by atoms with Gasteiger partial charge in [0.2, 0.25) is 0 Å². The molecule has 2 N–H and O–H groups in total. The number of aliphatic hydroxyl groups is 2. The number of allylic oxidation sites excluding steroid dienone is 9. The van der Waals surface area contributed by atoms with Gasteiger partial charge in [-0.05, 0) is 71.1 Å². The van der Waals surface area contributed by atoms with E-state index in [9.17, 15) is 19.8 Å². The Kier molecular flexibility index (Phi) is 17.9. The van der Waals surface area contributed by atoms with E-state index in [1.165, 1.54) is 6.08 Å². The van der Waals surface area contributed by atoms with Crippen LogP contribution in [0.3, 0.4) is 0 Å². The van der Waals surface area contributed by atoms with Gasteiger partial charge in [-0.15, -0.1) is 0 Å². The first kappa shape index (κ1) is 36.3. The Morgan fingerprint density at radius 1 is 1.10 bits per heavy atom. The van der Waals surface area contributed by atoms with Crippen molar-refractivity contribution < 1.29 is 29.3 Å². The molecule has 0 aromatic rings. The third-order valence-corrected chi connectivity index (χ3v) is 7.12.